The van der Waals surface area contributed by atoms with E-state index in [2.05, 4.69) is 5.43 Å². The average Bonchev–Trinajstić information content (AvgIpc) is 3.22. The summed E-state index contributed by atoms with van der Waals surface area (Å²) >= 11 is 0. The van der Waals surface area contributed by atoms with Gasteiger partial charge in [0, 0.05) is 13.0 Å². The molecule has 5 rings (SSSR count). The molecule has 3 aliphatic rings. The Kier molecular flexibility index (Phi) is 3.53. The lowest BCUT2D eigenvalue weighted by molar-refractivity contribution is -0.137. The fourth-order valence-electron chi connectivity index (χ4n) is 4.44. The molecule has 136 valence electrons. The first kappa shape index (κ1) is 16.1. The normalized spacial score (nSPS) is 23.1. The number of nitrogens with one attached hydrogen (secondary N) is 1. The molecule has 6 nitrogen and oxygen atoms in total. The summed E-state index contributed by atoms with van der Waals surface area (Å²) in [5.41, 5.74) is 6.87. The number of imide groups is 1. The van der Waals surface area contributed by atoms with Crippen LogP contribution in [0.1, 0.15) is 34.6 Å². The number of hydrogen-bond acceptors (Lipinski definition) is 3. The maximum Gasteiger partial charge on any atom is 0.347 e. The van der Waals surface area contributed by atoms with E-state index in [1.807, 2.05) is 48.5 Å². The molecule has 27 heavy (non-hydrogen) atoms. The lowest BCUT2D eigenvalue weighted by atomic mass is 9.95. The van der Waals surface area contributed by atoms with E-state index in [1.54, 1.807) is 4.90 Å². The van der Waals surface area contributed by atoms with E-state index in [0.29, 0.717) is 19.4 Å². The number of hydrogen-bond donors (Lipinski definition) is 1. The summed E-state index contributed by atoms with van der Waals surface area (Å²) in [6.07, 6.45) is 2.01. The highest BCUT2D eigenvalue weighted by Gasteiger charge is 2.48. The number of nitrogens with zero attached hydrogens (tertiary/aromatic N) is 2. The van der Waals surface area contributed by atoms with Gasteiger partial charge in [-0.05, 0) is 35.1 Å². The molecule has 1 fully saturated rings. The molecule has 2 aromatic carbocycles. The van der Waals surface area contributed by atoms with Crippen molar-refractivity contribution in [2.24, 2.45) is 0 Å². The molecule has 2 heterocycles. The second-order valence-corrected chi connectivity index (χ2v) is 7.34. The van der Waals surface area contributed by atoms with Crippen molar-refractivity contribution in [1.29, 1.82) is 0 Å². The number of aryl methyl sites for hydroxylation is 1. The molecular weight excluding hydrogens is 342 g/mol. The minimum absolute atomic E-state index is 0.293. The monoisotopic (exact) mass is 361 g/mol. The first-order valence-corrected chi connectivity index (χ1v) is 9.23. The van der Waals surface area contributed by atoms with Crippen LogP contribution >= 0.6 is 0 Å². The Balaban J connectivity index is 1.36. The third-order valence-electron chi connectivity index (χ3n) is 5.86. The highest BCUT2D eigenvalue weighted by Crippen LogP contribution is 2.34. The van der Waals surface area contributed by atoms with Crippen molar-refractivity contribution in [3.63, 3.8) is 0 Å². The summed E-state index contributed by atoms with van der Waals surface area (Å²) in [4.78, 5) is 39.9. The van der Waals surface area contributed by atoms with E-state index < -0.39 is 12.1 Å². The Morgan fingerprint density at radius 2 is 1.67 bits per heavy atom. The summed E-state index contributed by atoms with van der Waals surface area (Å²) in [7, 11) is 0. The van der Waals surface area contributed by atoms with Gasteiger partial charge in [-0.25, -0.2) is 4.79 Å². The highest BCUT2D eigenvalue weighted by atomic mass is 16.2. The van der Waals surface area contributed by atoms with Gasteiger partial charge in [0.2, 0.25) is 5.91 Å². The number of amides is 4. The molecule has 0 aromatic heterocycles. The number of carbonyl (C=O) groups is 3. The van der Waals surface area contributed by atoms with E-state index >= 15 is 0 Å². The molecule has 6 heteroatoms. The molecular formula is C21H19N3O3. The third-order valence-corrected chi connectivity index (χ3v) is 5.86. The van der Waals surface area contributed by atoms with E-state index in [1.165, 1.54) is 0 Å². The highest BCUT2D eigenvalue weighted by molar-refractivity contribution is 6.06. The van der Waals surface area contributed by atoms with Gasteiger partial charge in [-0.2, -0.15) is 5.01 Å². The van der Waals surface area contributed by atoms with E-state index in [0.717, 1.165) is 33.7 Å². The minimum atomic E-state index is -0.538. The first-order chi connectivity index (χ1) is 13.1. The van der Waals surface area contributed by atoms with Gasteiger partial charge in [0.05, 0.1) is 5.92 Å². The van der Waals surface area contributed by atoms with Crippen molar-refractivity contribution in [3.05, 3.63) is 70.8 Å². The molecule has 1 unspecified atom stereocenters. The van der Waals surface area contributed by atoms with Crippen molar-refractivity contribution in [1.82, 2.24) is 15.3 Å². The van der Waals surface area contributed by atoms with Crippen LogP contribution in [0, 0.1) is 0 Å². The Hall–Kier alpha value is -3.15. The quantitative estimate of drug-likeness (QED) is 0.833. The van der Waals surface area contributed by atoms with Gasteiger partial charge in [0.15, 0.2) is 0 Å². The van der Waals surface area contributed by atoms with Crippen LogP contribution in [0.25, 0.3) is 0 Å². The second-order valence-electron chi connectivity index (χ2n) is 7.34. The molecule has 1 N–H and O–H groups in total. The number of fused-ring (bicyclic) bond motifs is 3. The summed E-state index contributed by atoms with van der Waals surface area (Å²) in [6, 6.07) is 14.7. The zero-order valence-corrected chi connectivity index (χ0v) is 14.7. The molecule has 2 aliphatic heterocycles. The number of rotatable bonds is 2. The van der Waals surface area contributed by atoms with Crippen molar-refractivity contribution >= 4 is 17.8 Å². The molecule has 2 aromatic rings. The Bertz CT molecular complexity index is 928. The topological polar surface area (TPSA) is 69.7 Å². The lowest BCUT2D eigenvalue weighted by Crippen LogP contribution is -2.48. The fourth-order valence-corrected chi connectivity index (χ4v) is 4.44. The number of carbonyl (C=O) groups excluding carboxylic acids is 3. The molecule has 0 spiro atoms. The maximum absolute atomic E-state index is 12.8. The summed E-state index contributed by atoms with van der Waals surface area (Å²) < 4.78 is 0. The molecule has 2 atom stereocenters. The van der Waals surface area contributed by atoms with Crippen molar-refractivity contribution in [2.75, 3.05) is 0 Å². The van der Waals surface area contributed by atoms with Gasteiger partial charge < -0.3 is 4.90 Å². The van der Waals surface area contributed by atoms with Crippen LogP contribution in [0.3, 0.4) is 0 Å². The molecule has 0 saturated carbocycles. The Labute approximate surface area is 156 Å². The van der Waals surface area contributed by atoms with Crippen molar-refractivity contribution in [3.8, 4) is 0 Å². The van der Waals surface area contributed by atoms with E-state index in [4.69, 9.17) is 0 Å². The van der Waals surface area contributed by atoms with Gasteiger partial charge in [0.25, 0.3) is 5.91 Å². The Morgan fingerprint density at radius 1 is 0.963 bits per heavy atom. The van der Waals surface area contributed by atoms with Crippen LogP contribution in [0.5, 0.6) is 0 Å². The number of benzene rings is 2. The first-order valence-electron chi connectivity index (χ1n) is 9.23. The molecule has 0 bridgehead atoms. The number of urea groups is 1. The van der Waals surface area contributed by atoms with E-state index in [-0.39, 0.29) is 17.7 Å². The molecule has 0 radical (unpaired) electrons. The van der Waals surface area contributed by atoms with Gasteiger partial charge in [-0.1, -0.05) is 48.5 Å². The van der Waals surface area contributed by atoms with Crippen molar-refractivity contribution < 1.29 is 14.4 Å². The van der Waals surface area contributed by atoms with Crippen molar-refractivity contribution in [2.45, 2.75) is 37.8 Å². The molecule has 4 amide bonds. The Morgan fingerprint density at radius 3 is 2.48 bits per heavy atom. The van der Waals surface area contributed by atoms with Gasteiger partial charge in [0.1, 0.15) is 6.04 Å². The SMILES string of the molecule is O=C(NN1C(=O)C2Cc3ccccc3CN2C1=O)[C@@H]1CCc2ccccc21. The predicted molar refractivity (Wildman–Crippen MR) is 97.4 cm³/mol. The fraction of sp³-hybridized carbons (Fsp3) is 0.286. The number of hydrazine groups is 1. The summed E-state index contributed by atoms with van der Waals surface area (Å²) in [5.74, 6) is -0.968. The molecule has 1 saturated heterocycles. The van der Waals surface area contributed by atoms with Gasteiger partial charge in [-0.3, -0.25) is 15.0 Å². The molecule has 1 aliphatic carbocycles. The zero-order chi connectivity index (χ0) is 18.5. The third kappa shape index (κ3) is 2.44. The summed E-state index contributed by atoms with van der Waals surface area (Å²) in [5, 5.41) is 0.916. The van der Waals surface area contributed by atoms with Crippen LogP contribution in [0.4, 0.5) is 4.79 Å². The van der Waals surface area contributed by atoms with Crippen LogP contribution in [0.15, 0.2) is 48.5 Å². The summed E-state index contributed by atoms with van der Waals surface area (Å²) in [6.45, 7) is 0.393. The van der Waals surface area contributed by atoms with E-state index in [9.17, 15) is 14.4 Å². The standard InChI is InChI=1S/C21H19N3O3/c25-19(17-10-9-13-5-3-4-8-16(13)17)22-24-20(26)18-11-14-6-1-2-7-15(14)12-23(18)21(24)27/h1-8,17-18H,9-12H2,(H,22,25)/t17-,18?/m1/s1. The lowest BCUT2D eigenvalue weighted by Gasteiger charge is -2.28. The average molecular weight is 361 g/mol. The van der Waals surface area contributed by atoms with Gasteiger partial charge in [-0.15, -0.1) is 0 Å². The van der Waals surface area contributed by atoms with Crippen LogP contribution in [-0.2, 0) is 29.0 Å². The minimum Gasteiger partial charge on any atom is -0.306 e. The van der Waals surface area contributed by atoms with Crippen LogP contribution in [-0.4, -0.2) is 33.8 Å². The predicted octanol–water partition coefficient (Wildman–Crippen LogP) is 2.14. The smallest absolute Gasteiger partial charge is 0.306 e. The second kappa shape index (κ2) is 5.94. The van der Waals surface area contributed by atoms with Crippen LogP contribution in [0.2, 0.25) is 0 Å². The maximum atomic E-state index is 12.8. The zero-order valence-electron chi connectivity index (χ0n) is 14.7. The largest absolute Gasteiger partial charge is 0.347 e. The van der Waals surface area contributed by atoms with Crippen LogP contribution < -0.4 is 5.43 Å². The van der Waals surface area contributed by atoms with Gasteiger partial charge >= 0.3 is 6.03 Å².